The first-order valence-corrected chi connectivity index (χ1v) is 6.67. The lowest BCUT2D eigenvalue weighted by Crippen LogP contribution is -2.38. The molecule has 17 heavy (non-hydrogen) atoms. The van der Waals surface area contributed by atoms with Crippen LogP contribution in [0.5, 0.6) is 0 Å². The van der Waals surface area contributed by atoms with Crippen molar-refractivity contribution in [3.8, 4) is 0 Å². The van der Waals surface area contributed by atoms with E-state index in [2.05, 4.69) is 34.3 Å². The van der Waals surface area contributed by atoms with Crippen LogP contribution >= 0.6 is 0 Å². The van der Waals surface area contributed by atoms with Gasteiger partial charge in [0.2, 0.25) is 0 Å². The van der Waals surface area contributed by atoms with Gasteiger partial charge < -0.3 is 10.2 Å². The molecular formula is C13H24N4. The van der Waals surface area contributed by atoms with Gasteiger partial charge in [-0.3, -0.25) is 5.10 Å². The summed E-state index contributed by atoms with van der Waals surface area (Å²) in [5, 5.41) is 10.5. The van der Waals surface area contributed by atoms with Crippen LogP contribution in [-0.2, 0) is 6.54 Å². The summed E-state index contributed by atoms with van der Waals surface area (Å²) in [6, 6.07) is 0. The van der Waals surface area contributed by atoms with E-state index >= 15 is 0 Å². The Morgan fingerprint density at radius 3 is 3.18 bits per heavy atom. The number of aryl methyl sites for hydroxylation is 1. The van der Waals surface area contributed by atoms with Crippen LogP contribution in [0.15, 0.2) is 6.20 Å². The number of H-pyrrole nitrogens is 1. The predicted octanol–water partition coefficient (Wildman–Crippen LogP) is 1.54. The van der Waals surface area contributed by atoms with Gasteiger partial charge in [0.25, 0.3) is 0 Å². The molecular weight excluding hydrogens is 212 g/mol. The molecule has 2 heterocycles. The number of aromatic amines is 1. The lowest BCUT2D eigenvalue weighted by molar-refractivity contribution is 0.184. The van der Waals surface area contributed by atoms with Gasteiger partial charge in [-0.05, 0) is 32.2 Å². The number of hydrogen-bond acceptors (Lipinski definition) is 3. The Morgan fingerprint density at radius 1 is 1.59 bits per heavy atom. The lowest BCUT2D eigenvalue weighted by Gasteiger charge is -2.30. The zero-order valence-electron chi connectivity index (χ0n) is 11.0. The number of nitrogens with zero attached hydrogens (tertiary/aromatic N) is 2. The van der Waals surface area contributed by atoms with E-state index in [1.165, 1.54) is 43.7 Å². The van der Waals surface area contributed by atoms with Crippen LogP contribution < -0.4 is 5.32 Å². The van der Waals surface area contributed by atoms with Crippen molar-refractivity contribution >= 4 is 0 Å². The standard InChI is InChI=1S/C13H24N4/c1-11-4-3-6-17(10-11)7-5-14-8-13-9-15-16-12(13)2/h9,11,14H,3-8,10H2,1-2H3,(H,15,16)/t11-/m1/s1. The van der Waals surface area contributed by atoms with Crippen molar-refractivity contribution in [2.75, 3.05) is 26.2 Å². The SMILES string of the molecule is Cc1[nH]ncc1CNCCN1CCC[C@@H](C)C1. The molecule has 2 rings (SSSR count). The molecule has 0 spiro atoms. The highest BCUT2D eigenvalue weighted by atomic mass is 15.1. The molecule has 0 unspecified atom stereocenters. The first-order valence-electron chi connectivity index (χ1n) is 6.67. The average molecular weight is 236 g/mol. The van der Waals surface area contributed by atoms with E-state index in [9.17, 15) is 0 Å². The Hall–Kier alpha value is -0.870. The maximum atomic E-state index is 4.02. The van der Waals surface area contributed by atoms with Gasteiger partial charge in [-0.25, -0.2) is 0 Å². The summed E-state index contributed by atoms with van der Waals surface area (Å²) >= 11 is 0. The molecule has 1 fully saturated rings. The smallest absolute Gasteiger partial charge is 0.0535 e. The fraction of sp³-hybridized carbons (Fsp3) is 0.769. The first kappa shape index (κ1) is 12.6. The predicted molar refractivity (Wildman–Crippen MR) is 69.9 cm³/mol. The number of likely N-dealkylation sites (tertiary alicyclic amines) is 1. The summed E-state index contributed by atoms with van der Waals surface area (Å²) in [5.74, 6) is 0.875. The Labute approximate surface area is 104 Å². The fourth-order valence-corrected chi connectivity index (χ4v) is 2.50. The molecule has 0 amide bonds. The third-order valence-corrected chi connectivity index (χ3v) is 3.60. The maximum Gasteiger partial charge on any atom is 0.0535 e. The third kappa shape index (κ3) is 3.82. The highest BCUT2D eigenvalue weighted by Gasteiger charge is 2.15. The molecule has 96 valence electrons. The number of rotatable bonds is 5. The van der Waals surface area contributed by atoms with E-state index in [-0.39, 0.29) is 0 Å². The van der Waals surface area contributed by atoms with E-state index < -0.39 is 0 Å². The number of aromatic nitrogens is 2. The van der Waals surface area contributed by atoms with Crippen LogP contribution in [0.2, 0.25) is 0 Å². The fourth-order valence-electron chi connectivity index (χ4n) is 2.50. The van der Waals surface area contributed by atoms with Gasteiger partial charge in [0.1, 0.15) is 0 Å². The van der Waals surface area contributed by atoms with E-state index in [4.69, 9.17) is 0 Å². The third-order valence-electron chi connectivity index (χ3n) is 3.60. The molecule has 1 atom stereocenters. The molecule has 0 bridgehead atoms. The monoisotopic (exact) mass is 236 g/mol. The molecule has 1 saturated heterocycles. The summed E-state index contributed by atoms with van der Waals surface area (Å²) in [4.78, 5) is 2.57. The summed E-state index contributed by atoms with van der Waals surface area (Å²) in [6.45, 7) is 10.1. The second-order valence-corrected chi connectivity index (χ2v) is 5.25. The zero-order valence-corrected chi connectivity index (χ0v) is 11.0. The molecule has 0 aliphatic carbocycles. The van der Waals surface area contributed by atoms with Crippen LogP contribution in [0, 0.1) is 12.8 Å². The molecule has 0 radical (unpaired) electrons. The second-order valence-electron chi connectivity index (χ2n) is 5.25. The van der Waals surface area contributed by atoms with Gasteiger partial charge in [0, 0.05) is 37.4 Å². The minimum atomic E-state index is 0.875. The topological polar surface area (TPSA) is 44.0 Å². The molecule has 2 N–H and O–H groups in total. The quantitative estimate of drug-likeness (QED) is 0.762. The largest absolute Gasteiger partial charge is 0.311 e. The average Bonchev–Trinajstić information content (AvgIpc) is 2.71. The van der Waals surface area contributed by atoms with E-state index in [1.807, 2.05) is 6.20 Å². The molecule has 1 aromatic rings. The van der Waals surface area contributed by atoms with E-state index in [0.717, 1.165) is 19.0 Å². The van der Waals surface area contributed by atoms with Gasteiger partial charge in [-0.2, -0.15) is 5.10 Å². The molecule has 4 heteroatoms. The normalized spacial score (nSPS) is 21.9. The van der Waals surface area contributed by atoms with E-state index in [1.54, 1.807) is 0 Å². The summed E-state index contributed by atoms with van der Waals surface area (Å²) in [6.07, 6.45) is 4.67. The van der Waals surface area contributed by atoms with E-state index in [0.29, 0.717) is 0 Å². The number of piperidine rings is 1. The van der Waals surface area contributed by atoms with Crippen molar-refractivity contribution < 1.29 is 0 Å². The van der Waals surface area contributed by atoms with Crippen molar-refractivity contribution in [1.82, 2.24) is 20.4 Å². The lowest BCUT2D eigenvalue weighted by atomic mass is 10.0. The summed E-state index contributed by atoms with van der Waals surface area (Å²) in [5.41, 5.74) is 2.45. The molecule has 1 aliphatic heterocycles. The molecule has 0 aromatic carbocycles. The zero-order chi connectivity index (χ0) is 12.1. The Morgan fingerprint density at radius 2 is 2.47 bits per heavy atom. The van der Waals surface area contributed by atoms with Crippen LogP contribution in [-0.4, -0.2) is 41.3 Å². The minimum Gasteiger partial charge on any atom is -0.311 e. The maximum absolute atomic E-state index is 4.02. The van der Waals surface area contributed by atoms with Crippen molar-refractivity contribution in [3.05, 3.63) is 17.5 Å². The molecule has 0 saturated carbocycles. The van der Waals surface area contributed by atoms with Crippen molar-refractivity contribution in [2.45, 2.75) is 33.2 Å². The Balaban J connectivity index is 1.61. The Bertz CT molecular complexity index is 334. The van der Waals surface area contributed by atoms with Crippen molar-refractivity contribution in [3.63, 3.8) is 0 Å². The van der Waals surface area contributed by atoms with Crippen LogP contribution in [0.25, 0.3) is 0 Å². The van der Waals surface area contributed by atoms with Crippen LogP contribution in [0.1, 0.15) is 31.0 Å². The first-order chi connectivity index (χ1) is 8.25. The molecule has 1 aromatic heterocycles. The van der Waals surface area contributed by atoms with Gasteiger partial charge in [-0.15, -0.1) is 0 Å². The van der Waals surface area contributed by atoms with Crippen LogP contribution in [0.3, 0.4) is 0 Å². The van der Waals surface area contributed by atoms with Gasteiger partial charge in [0.15, 0.2) is 0 Å². The van der Waals surface area contributed by atoms with Gasteiger partial charge >= 0.3 is 0 Å². The van der Waals surface area contributed by atoms with Crippen LogP contribution in [0.4, 0.5) is 0 Å². The summed E-state index contributed by atoms with van der Waals surface area (Å²) < 4.78 is 0. The van der Waals surface area contributed by atoms with Crippen molar-refractivity contribution in [2.24, 2.45) is 5.92 Å². The van der Waals surface area contributed by atoms with Gasteiger partial charge in [-0.1, -0.05) is 6.92 Å². The second kappa shape index (κ2) is 6.17. The number of nitrogens with one attached hydrogen (secondary N) is 2. The molecule has 1 aliphatic rings. The number of hydrogen-bond donors (Lipinski definition) is 2. The molecule has 4 nitrogen and oxygen atoms in total. The van der Waals surface area contributed by atoms with Gasteiger partial charge in [0.05, 0.1) is 6.20 Å². The minimum absolute atomic E-state index is 0.875. The highest BCUT2D eigenvalue weighted by molar-refractivity contribution is 5.13. The van der Waals surface area contributed by atoms with Crippen molar-refractivity contribution in [1.29, 1.82) is 0 Å². The Kier molecular flexibility index (Phi) is 4.57. The highest BCUT2D eigenvalue weighted by Crippen LogP contribution is 2.14. The summed E-state index contributed by atoms with van der Waals surface area (Å²) in [7, 11) is 0.